The van der Waals surface area contributed by atoms with Crippen LogP contribution < -0.4 is 0 Å². The molecule has 3 heteroatoms. The Morgan fingerprint density at radius 3 is 2.36 bits per heavy atom. The molecule has 0 saturated heterocycles. The molecule has 66 valence electrons. The molecule has 1 atom stereocenters. The highest BCUT2D eigenvalue weighted by molar-refractivity contribution is 4.92. The zero-order chi connectivity index (χ0) is 8.85. The summed E-state index contributed by atoms with van der Waals surface area (Å²) in [6, 6.07) is 0. The normalized spacial score (nSPS) is 13.3. The maximum absolute atomic E-state index is 11.7. The van der Waals surface area contributed by atoms with Crippen LogP contribution in [-0.2, 0) is 0 Å². The zero-order valence-electron chi connectivity index (χ0n) is 6.85. The molecule has 0 aliphatic heterocycles. The molecule has 0 unspecified atom stereocenters. The van der Waals surface area contributed by atoms with E-state index < -0.39 is 12.5 Å². The van der Waals surface area contributed by atoms with Crippen molar-refractivity contribution in [2.45, 2.75) is 39.2 Å². The van der Waals surface area contributed by atoms with E-state index in [0.29, 0.717) is 6.42 Å². The summed E-state index contributed by atoms with van der Waals surface area (Å²) in [5.74, 6) is 0. The van der Waals surface area contributed by atoms with E-state index in [-0.39, 0.29) is 6.42 Å². The zero-order valence-corrected chi connectivity index (χ0v) is 6.85. The van der Waals surface area contributed by atoms with Crippen LogP contribution in [0.1, 0.15) is 26.7 Å². The Balaban J connectivity index is 3.47. The highest BCUT2D eigenvalue weighted by Gasteiger charge is 2.14. The van der Waals surface area contributed by atoms with Gasteiger partial charge in [0.1, 0.15) is 6.10 Å². The standard InChI is InChI=1S/C8H14F2O/c1-6(2)4-3-5-7(11)8(9)10/h4,7-8,11H,3,5H2,1-2H3/t7-/m1/s1. The van der Waals surface area contributed by atoms with Crippen molar-refractivity contribution >= 4 is 0 Å². The predicted octanol–water partition coefficient (Wildman–Crippen LogP) is 2.36. The second kappa shape index (κ2) is 5.24. The van der Waals surface area contributed by atoms with Crippen LogP contribution in [0.2, 0.25) is 0 Å². The number of allylic oxidation sites excluding steroid dienone is 2. The summed E-state index contributed by atoms with van der Waals surface area (Å²) in [7, 11) is 0. The fourth-order valence-corrected chi connectivity index (χ4v) is 0.669. The van der Waals surface area contributed by atoms with Crippen LogP contribution in [0.15, 0.2) is 11.6 Å². The molecule has 1 nitrogen and oxygen atoms in total. The molecule has 0 heterocycles. The number of aliphatic hydroxyl groups is 1. The molecule has 0 bridgehead atoms. The van der Waals surface area contributed by atoms with E-state index in [1.807, 2.05) is 19.9 Å². The van der Waals surface area contributed by atoms with Crippen molar-refractivity contribution in [1.29, 1.82) is 0 Å². The molecule has 0 aliphatic rings. The van der Waals surface area contributed by atoms with E-state index in [0.717, 1.165) is 5.57 Å². The number of hydrogen-bond donors (Lipinski definition) is 1. The molecule has 0 rings (SSSR count). The maximum Gasteiger partial charge on any atom is 0.264 e. The topological polar surface area (TPSA) is 20.2 Å². The van der Waals surface area contributed by atoms with E-state index in [1.165, 1.54) is 0 Å². The second-order valence-corrected chi connectivity index (χ2v) is 2.76. The number of rotatable bonds is 4. The minimum atomic E-state index is -2.61. The van der Waals surface area contributed by atoms with Crippen LogP contribution in [0.5, 0.6) is 0 Å². The lowest BCUT2D eigenvalue weighted by Gasteiger charge is -2.06. The molecule has 0 aromatic carbocycles. The lowest BCUT2D eigenvalue weighted by molar-refractivity contribution is -0.00815. The smallest absolute Gasteiger partial charge is 0.264 e. The Morgan fingerprint density at radius 1 is 1.45 bits per heavy atom. The van der Waals surface area contributed by atoms with Crippen LogP contribution in [-0.4, -0.2) is 17.6 Å². The quantitative estimate of drug-likeness (QED) is 0.632. The molecule has 0 amide bonds. The molecule has 0 fully saturated rings. The van der Waals surface area contributed by atoms with Gasteiger partial charge in [0.2, 0.25) is 0 Å². The van der Waals surface area contributed by atoms with Gasteiger partial charge in [-0.05, 0) is 26.7 Å². The predicted molar refractivity (Wildman–Crippen MR) is 40.7 cm³/mol. The Hall–Kier alpha value is -0.440. The molecule has 0 saturated carbocycles. The molecular weight excluding hydrogens is 150 g/mol. The van der Waals surface area contributed by atoms with Gasteiger partial charge in [0.15, 0.2) is 0 Å². The van der Waals surface area contributed by atoms with Gasteiger partial charge in [-0.2, -0.15) is 0 Å². The van der Waals surface area contributed by atoms with Crippen molar-refractivity contribution in [2.75, 3.05) is 0 Å². The third-order valence-electron chi connectivity index (χ3n) is 1.31. The maximum atomic E-state index is 11.7. The third-order valence-corrected chi connectivity index (χ3v) is 1.31. The average Bonchev–Trinajstić information content (AvgIpc) is 1.86. The van der Waals surface area contributed by atoms with Crippen molar-refractivity contribution in [3.8, 4) is 0 Å². The van der Waals surface area contributed by atoms with E-state index in [1.54, 1.807) is 0 Å². The summed E-state index contributed by atoms with van der Waals surface area (Å²) in [5, 5.41) is 8.66. The Morgan fingerprint density at radius 2 is 2.00 bits per heavy atom. The van der Waals surface area contributed by atoms with Crippen molar-refractivity contribution < 1.29 is 13.9 Å². The summed E-state index contributed by atoms with van der Waals surface area (Å²) >= 11 is 0. The monoisotopic (exact) mass is 164 g/mol. The summed E-state index contributed by atoms with van der Waals surface area (Å²) in [4.78, 5) is 0. The third kappa shape index (κ3) is 5.98. The Kier molecular flexibility index (Phi) is 5.03. The van der Waals surface area contributed by atoms with Crippen molar-refractivity contribution in [2.24, 2.45) is 0 Å². The van der Waals surface area contributed by atoms with Crippen LogP contribution in [0.4, 0.5) is 8.78 Å². The number of alkyl halides is 2. The summed E-state index contributed by atoms with van der Waals surface area (Å²) in [6.07, 6.45) is -1.58. The first kappa shape index (κ1) is 10.6. The number of aliphatic hydroxyl groups excluding tert-OH is 1. The van der Waals surface area contributed by atoms with Gasteiger partial charge in [-0.1, -0.05) is 11.6 Å². The fourth-order valence-electron chi connectivity index (χ4n) is 0.669. The van der Waals surface area contributed by atoms with Gasteiger partial charge in [-0.15, -0.1) is 0 Å². The van der Waals surface area contributed by atoms with Gasteiger partial charge in [-0.25, -0.2) is 8.78 Å². The van der Waals surface area contributed by atoms with Crippen LogP contribution in [0.25, 0.3) is 0 Å². The first-order valence-electron chi connectivity index (χ1n) is 3.63. The average molecular weight is 164 g/mol. The van der Waals surface area contributed by atoms with Crippen LogP contribution in [0, 0.1) is 0 Å². The summed E-state index contributed by atoms with van der Waals surface area (Å²) < 4.78 is 23.4. The molecule has 11 heavy (non-hydrogen) atoms. The molecule has 0 radical (unpaired) electrons. The van der Waals surface area contributed by atoms with Gasteiger partial charge in [-0.3, -0.25) is 0 Å². The molecule has 0 spiro atoms. The van der Waals surface area contributed by atoms with Crippen molar-refractivity contribution in [1.82, 2.24) is 0 Å². The van der Waals surface area contributed by atoms with Gasteiger partial charge >= 0.3 is 0 Å². The molecule has 1 N–H and O–H groups in total. The largest absolute Gasteiger partial charge is 0.387 e. The van der Waals surface area contributed by atoms with Gasteiger partial charge in [0.05, 0.1) is 0 Å². The lowest BCUT2D eigenvalue weighted by atomic mass is 10.1. The first-order chi connectivity index (χ1) is 5.04. The van der Waals surface area contributed by atoms with E-state index >= 15 is 0 Å². The van der Waals surface area contributed by atoms with Crippen LogP contribution >= 0.6 is 0 Å². The SMILES string of the molecule is CC(C)=CCC[C@@H](O)C(F)F. The minimum absolute atomic E-state index is 0.142. The number of halogens is 2. The summed E-state index contributed by atoms with van der Waals surface area (Å²) in [6.45, 7) is 3.80. The number of hydrogen-bond acceptors (Lipinski definition) is 1. The summed E-state index contributed by atoms with van der Waals surface area (Å²) in [5.41, 5.74) is 1.09. The molecule has 0 aromatic heterocycles. The van der Waals surface area contributed by atoms with E-state index in [9.17, 15) is 8.78 Å². The Bertz CT molecular complexity index is 128. The van der Waals surface area contributed by atoms with Gasteiger partial charge in [0, 0.05) is 0 Å². The van der Waals surface area contributed by atoms with Crippen molar-refractivity contribution in [3.63, 3.8) is 0 Å². The van der Waals surface area contributed by atoms with E-state index in [2.05, 4.69) is 0 Å². The molecule has 0 aromatic rings. The lowest BCUT2D eigenvalue weighted by Crippen LogP contribution is -2.16. The van der Waals surface area contributed by atoms with Crippen molar-refractivity contribution in [3.05, 3.63) is 11.6 Å². The fraction of sp³-hybridized carbons (Fsp3) is 0.750. The second-order valence-electron chi connectivity index (χ2n) is 2.76. The van der Waals surface area contributed by atoms with Gasteiger partial charge < -0.3 is 5.11 Å². The molecule has 0 aliphatic carbocycles. The highest BCUT2D eigenvalue weighted by Crippen LogP contribution is 2.08. The minimum Gasteiger partial charge on any atom is -0.387 e. The Labute approximate surface area is 65.7 Å². The van der Waals surface area contributed by atoms with E-state index in [4.69, 9.17) is 5.11 Å². The molecular formula is C8H14F2O. The first-order valence-corrected chi connectivity index (χ1v) is 3.63. The highest BCUT2D eigenvalue weighted by atomic mass is 19.3. The van der Waals surface area contributed by atoms with Crippen LogP contribution in [0.3, 0.4) is 0 Å². The van der Waals surface area contributed by atoms with Gasteiger partial charge in [0.25, 0.3) is 6.43 Å².